The Balaban J connectivity index is 1.99. The maximum atomic E-state index is 11.1. The summed E-state index contributed by atoms with van der Waals surface area (Å²) in [6, 6.07) is 5.78. The molecule has 0 unspecified atom stereocenters. The van der Waals surface area contributed by atoms with Crippen molar-refractivity contribution in [1.29, 1.82) is 0 Å². The Morgan fingerprint density at radius 3 is 2.81 bits per heavy atom. The summed E-state index contributed by atoms with van der Waals surface area (Å²) in [4.78, 5) is 15.4. The third-order valence-corrected chi connectivity index (χ3v) is 3.17. The molecule has 16 heavy (non-hydrogen) atoms. The minimum absolute atomic E-state index is 0.522. The normalized spacial score (nSPS) is 17.8. The molecule has 2 N–H and O–H groups in total. The van der Waals surface area contributed by atoms with E-state index in [-0.39, 0.29) is 0 Å². The summed E-state index contributed by atoms with van der Waals surface area (Å²) >= 11 is 0. The first-order valence-electron chi connectivity index (χ1n) is 5.53. The Kier molecular flexibility index (Phi) is 2.92. The van der Waals surface area contributed by atoms with Crippen LogP contribution in [0.15, 0.2) is 18.2 Å². The van der Waals surface area contributed by atoms with E-state index in [2.05, 4.69) is 10.3 Å². The van der Waals surface area contributed by atoms with Crippen molar-refractivity contribution in [2.24, 2.45) is 0 Å². The molecule has 1 aliphatic rings. The summed E-state index contributed by atoms with van der Waals surface area (Å²) in [5, 5.41) is 12.2. The van der Waals surface area contributed by atoms with E-state index in [4.69, 9.17) is 5.11 Å². The molecular weight excluding hydrogens is 204 g/mol. The molecule has 2 rings (SSSR count). The van der Waals surface area contributed by atoms with E-state index in [0.717, 1.165) is 17.8 Å². The largest absolute Gasteiger partial charge is 0.480 e. The number of pyridine rings is 1. The highest BCUT2D eigenvalue weighted by atomic mass is 16.4. The lowest BCUT2D eigenvalue weighted by Gasteiger charge is -2.38. The highest BCUT2D eigenvalue weighted by Gasteiger charge is 2.43. The molecule has 4 nitrogen and oxygen atoms in total. The fourth-order valence-electron chi connectivity index (χ4n) is 1.95. The van der Waals surface area contributed by atoms with Crippen LogP contribution in [0.5, 0.6) is 0 Å². The van der Waals surface area contributed by atoms with E-state index in [0.29, 0.717) is 19.4 Å². The number of aromatic nitrogens is 1. The summed E-state index contributed by atoms with van der Waals surface area (Å²) in [6.45, 7) is 2.45. The molecule has 1 aromatic heterocycles. The van der Waals surface area contributed by atoms with E-state index in [1.165, 1.54) is 0 Å². The number of hydrogen-bond acceptors (Lipinski definition) is 3. The van der Waals surface area contributed by atoms with Crippen LogP contribution in [0, 0.1) is 6.92 Å². The van der Waals surface area contributed by atoms with Crippen molar-refractivity contribution in [1.82, 2.24) is 10.3 Å². The first-order valence-corrected chi connectivity index (χ1v) is 5.53. The van der Waals surface area contributed by atoms with Gasteiger partial charge >= 0.3 is 5.97 Å². The van der Waals surface area contributed by atoms with Crippen LogP contribution in [0.1, 0.15) is 30.7 Å². The van der Waals surface area contributed by atoms with Gasteiger partial charge in [0.05, 0.1) is 5.69 Å². The fraction of sp³-hybridized carbons (Fsp3) is 0.500. The van der Waals surface area contributed by atoms with Crippen molar-refractivity contribution in [2.75, 3.05) is 0 Å². The van der Waals surface area contributed by atoms with Crippen LogP contribution in [0.2, 0.25) is 0 Å². The zero-order valence-electron chi connectivity index (χ0n) is 9.36. The van der Waals surface area contributed by atoms with Gasteiger partial charge in [0.1, 0.15) is 5.54 Å². The van der Waals surface area contributed by atoms with Crippen LogP contribution < -0.4 is 5.32 Å². The maximum Gasteiger partial charge on any atom is 0.323 e. The topological polar surface area (TPSA) is 62.2 Å². The number of aliphatic carboxylic acids is 1. The molecule has 0 aromatic carbocycles. The van der Waals surface area contributed by atoms with Gasteiger partial charge in [-0.15, -0.1) is 0 Å². The third-order valence-electron chi connectivity index (χ3n) is 3.17. The quantitative estimate of drug-likeness (QED) is 0.807. The van der Waals surface area contributed by atoms with Crippen LogP contribution in [0.4, 0.5) is 0 Å². The molecule has 0 radical (unpaired) electrons. The number of carboxylic acids is 1. The molecule has 1 aliphatic carbocycles. The smallest absolute Gasteiger partial charge is 0.323 e. The van der Waals surface area contributed by atoms with Gasteiger partial charge in [0, 0.05) is 12.2 Å². The molecule has 0 spiro atoms. The molecule has 0 atom stereocenters. The van der Waals surface area contributed by atoms with E-state index in [9.17, 15) is 4.79 Å². The monoisotopic (exact) mass is 220 g/mol. The average molecular weight is 220 g/mol. The Morgan fingerprint density at radius 2 is 2.31 bits per heavy atom. The van der Waals surface area contributed by atoms with Gasteiger partial charge < -0.3 is 5.11 Å². The third kappa shape index (κ3) is 2.07. The lowest BCUT2D eigenvalue weighted by Crippen LogP contribution is -2.56. The Labute approximate surface area is 94.7 Å². The van der Waals surface area contributed by atoms with Crippen LogP contribution in [0.25, 0.3) is 0 Å². The zero-order valence-corrected chi connectivity index (χ0v) is 9.36. The minimum Gasteiger partial charge on any atom is -0.480 e. The molecule has 0 aliphatic heterocycles. The van der Waals surface area contributed by atoms with Crippen LogP contribution in [-0.2, 0) is 11.3 Å². The van der Waals surface area contributed by atoms with Crippen molar-refractivity contribution < 1.29 is 9.90 Å². The van der Waals surface area contributed by atoms with Crippen molar-refractivity contribution in [3.63, 3.8) is 0 Å². The van der Waals surface area contributed by atoms with Crippen molar-refractivity contribution in [3.05, 3.63) is 29.6 Å². The number of carboxylic acid groups (broad SMARTS) is 1. The molecule has 86 valence electrons. The number of hydrogen-bond donors (Lipinski definition) is 2. The molecule has 1 heterocycles. The first-order chi connectivity index (χ1) is 7.62. The van der Waals surface area contributed by atoms with Crippen molar-refractivity contribution in [2.45, 2.75) is 38.3 Å². The second-order valence-corrected chi connectivity index (χ2v) is 4.36. The fourth-order valence-corrected chi connectivity index (χ4v) is 1.95. The number of aryl methyl sites for hydroxylation is 1. The first kappa shape index (κ1) is 11.1. The maximum absolute atomic E-state index is 11.1. The Morgan fingerprint density at radius 1 is 1.56 bits per heavy atom. The zero-order chi connectivity index (χ0) is 11.6. The highest BCUT2D eigenvalue weighted by molar-refractivity contribution is 5.79. The van der Waals surface area contributed by atoms with Gasteiger partial charge in [0.2, 0.25) is 0 Å². The van der Waals surface area contributed by atoms with Crippen LogP contribution in [0.3, 0.4) is 0 Å². The SMILES string of the molecule is Cc1cccc(CNC2(C(=O)O)CCC2)n1. The second-order valence-electron chi connectivity index (χ2n) is 4.36. The average Bonchev–Trinajstić information content (AvgIpc) is 2.15. The highest BCUT2D eigenvalue weighted by Crippen LogP contribution is 2.32. The molecule has 1 fully saturated rings. The summed E-state index contributed by atoms with van der Waals surface area (Å²) < 4.78 is 0. The van der Waals surface area contributed by atoms with Gasteiger partial charge in [-0.2, -0.15) is 0 Å². The van der Waals surface area contributed by atoms with E-state index < -0.39 is 11.5 Å². The predicted octanol–water partition coefficient (Wildman–Crippen LogP) is 1.49. The summed E-state index contributed by atoms with van der Waals surface area (Å²) in [5.41, 5.74) is 1.15. The Hall–Kier alpha value is -1.42. The lowest BCUT2D eigenvalue weighted by atomic mass is 9.77. The van der Waals surface area contributed by atoms with Gasteiger partial charge in [0.25, 0.3) is 0 Å². The summed E-state index contributed by atoms with van der Waals surface area (Å²) in [5.74, 6) is -0.744. The van der Waals surface area contributed by atoms with Gasteiger partial charge in [-0.3, -0.25) is 15.1 Å². The van der Waals surface area contributed by atoms with Gasteiger partial charge in [-0.1, -0.05) is 6.07 Å². The van der Waals surface area contributed by atoms with Crippen LogP contribution >= 0.6 is 0 Å². The van der Waals surface area contributed by atoms with Gasteiger partial charge in [0.15, 0.2) is 0 Å². The summed E-state index contributed by atoms with van der Waals surface area (Å²) in [6.07, 6.45) is 2.42. The number of carbonyl (C=O) groups is 1. The van der Waals surface area contributed by atoms with E-state index in [1.807, 2.05) is 25.1 Å². The number of rotatable bonds is 4. The van der Waals surface area contributed by atoms with E-state index >= 15 is 0 Å². The molecule has 0 amide bonds. The van der Waals surface area contributed by atoms with E-state index in [1.54, 1.807) is 0 Å². The number of nitrogens with one attached hydrogen (secondary N) is 1. The molecule has 0 bridgehead atoms. The van der Waals surface area contributed by atoms with Crippen LogP contribution in [-0.4, -0.2) is 21.6 Å². The van der Waals surface area contributed by atoms with Crippen molar-refractivity contribution in [3.8, 4) is 0 Å². The van der Waals surface area contributed by atoms with Crippen molar-refractivity contribution >= 4 is 5.97 Å². The molecular formula is C12H16N2O2. The second kappa shape index (κ2) is 4.22. The standard InChI is InChI=1S/C12H16N2O2/c1-9-4-2-5-10(14-9)8-13-12(11(15)16)6-3-7-12/h2,4-5,13H,3,6-8H2,1H3,(H,15,16). The predicted molar refractivity (Wildman–Crippen MR) is 60.0 cm³/mol. The number of nitrogens with zero attached hydrogens (tertiary/aromatic N) is 1. The molecule has 1 aromatic rings. The lowest BCUT2D eigenvalue weighted by molar-refractivity contribution is -0.148. The molecule has 0 saturated heterocycles. The Bertz CT molecular complexity index is 400. The minimum atomic E-state index is -0.744. The van der Waals surface area contributed by atoms with Gasteiger partial charge in [-0.05, 0) is 38.3 Å². The molecule has 1 saturated carbocycles. The molecule has 4 heteroatoms. The van der Waals surface area contributed by atoms with Gasteiger partial charge in [-0.25, -0.2) is 0 Å². The summed E-state index contributed by atoms with van der Waals surface area (Å²) in [7, 11) is 0.